The van der Waals surface area contributed by atoms with Gasteiger partial charge in [-0.2, -0.15) is 0 Å². The molecule has 0 saturated carbocycles. The van der Waals surface area contributed by atoms with E-state index in [1.807, 2.05) is 60.7 Å². The third kappa shape index (κ3) is 7.52. The van der Waals surface area contributed by atoms with Crippen LogP contribution in [-0.4, -0.2) is 19.6 Å². The largest absolute Gasteiger partial charge is 0.469 e. The van der Waals surface area contributed by atoms with Gasteiger partial charge in [-0.1, -0.05) is 60.7 Å². The van der Waals surface area contributed by atoms with Gasteiger partial charge in [-0.15, -0.1) is 0 Å². The first-order chi connectivity index (χ1) is 10.3. The van der Waals surface area contributed by atoms with Gasteiger partial charge in [0.2, 0.25) is 0 Å². The number of esters is 1. The quantitative estimate of drug-likeness (QED) is 0.626. The number of hydrogen-bond acceptors (Lipinski definition) is 4. The summed E-state index contributed by atoms with van der Waals surface area (Å²) in [6, 6.07) is 19.1. The highest BCUT2D eigenvalue weighted by molar-refractivity contribution is 5.72. The summed E-state index contributed by atoms with van der Waals surface area (Å²) >= 11 is 0. The van der Waals surface area contributed by atoms with Crippen LogP contribution in [0.15, 0.2) is 60.7 Å². The van der Waals surface area contributed by atoms with Gasteiger partial charge in [0.05, 0.1) is 13.5 Å². The van der Waals surface area contributed by atoms with Gasteiger partial charge in [0, 0.05) is 0 Å². The van der Waals surface area contributed by atoms with Crippen LogP contribution >= 0.6 is 0 Å². The van der Waals surface area contributed by atoms with Crippen LogP contribution in [0.2, 0.25) is 0 Å². The maximum absolute atomic E-state index is 10.8. The Bertz CT molecular complexity index is 523. The first-order valence-electron chi connectivity index (χ1n) is 6.46. The normalized spacial score (nSPS) is 9.00. The molecule has 0 spiro atoms. The molecule has 0 heterocycles. The highest BCUT2D eigenvalue weighted by Gasteiger charge is 1.99. The van der Waals surface area contributed by atoms with E-state index in [0.717, 1.165) is 11.1 Å². The molecule has 110 valence electrons. The lowest BCUT2D eigenvalue weighted by atomic mass is 10.2. The second kappa shape index (κ2) is 10.2. The molecule has 2 aromatic rings. The molecule has 0 aliphatic rings. The smallest absolute Gasteiger partial charge is 0.309 e. The zero-order valence-electron chi connectivity index (χ0n) is 11.9. The third-order valence-electron chi connectivity index (χ3n) is 2.58. The van der Waals surface area contributed by atoms with Crippen molar-refractivity contribution < 1.29 is 19.1 Å². The van der Waals surface area contributed by atoms with Gasteiger partial charge in [0.1, 0.15) is 6.61 Å². The minimum absolute atomic E-state index is 0.198. The first kappa shape index (κ1) is 16.4. The lowest BCUT2D eigenvalue weighted by Crippen LogP contribution is -2.03. The number of carbonyl (C=O) groups excluding carboxylic acids is 2. The van der Waals surface area contributed by atoms with Crippen molar-refractivity contribution in [1.82, 2.24) is 0 Å². The first-order valence-corrected chi connectivity index (χ1v) is 6.46. The molecule has 0 atom stereocenters. The molecule has 0 unspecified atom stereocenters. The van der Waals surface area contributed by atoms with Crippen molar-refractivity contribution in [3.8, 4) is 0 Å². The van der Waals surface area contributed by atoms with Crippen molar-refractivity contribution >= 4 is 12.4 Å². The van der Waals surface area contributed by atoms with Crippen LogP contribution in [0.1, 0.15) is 11.1 Å². The molecule has 4 heteroatoms. The summed E-state index contributed by atoms with van der Waals surface area (Å²) in [7, 11) is 1.39. The number of rotatable bonds is 5. The third-order valence-corrected chi connectivity index (χ3v) is 2.58. The van der Waals surface area contributed by atoms with Gasteiger partial charge >= 0.3 is 5.97 Å². The minimum atomic E-state index is -0.198. The number of benzene rings is 2. The maximum Gasteiger partial charge on any atom is 0.309 e. The predicted molar refractivity (Wildman–Crippen MR) is 79.5 cm³/mol. The fraction of sp³-hybridized carbons (Fsp3) is 0.176. The molecule has 0 bridgehead atoms. The summed E-state index contributed by atoms with van der Waals surface area (Å²) in [5, 5.41) is 0. The van der Waals surface area contributed by atoms with Crippen molar-refractivity contribution in [3.05, 3.63) is 71.8 Å². The van der Waals surface area contributed by atoms with Crippen LogP contribution in [0.4, 0.5) is 0 Å². The Morgan fingerprint density at radius 1 is 0.952 bits per heavy atom. The Balaban J connectivity index is 0.000000211. The summed E-state index contributed by atoms with van der Waals surface area (Å²) in [4.78, 5) is 20.5. The molecule has 0 aliphatic heterocycles. The zero-order valence-corrected chi connectivity index (χ0v) is 11.9. The van der Waals surface area contributed by atoms with Crippen LogP contribution in [0, 0.1) is 0 Å². The molecular formula is C17H18O4. The molecule has 2 rings (SSSR count). The van der Waals surface area contributed by atoms with Crippen LogP contribution in [0.25, 0.3) is 0 Å². The van der Waals surface area contributed by atoms with E-state index in [-0.39, 0.29) is 5.97 Å². The van der Waals surface area contributed by atoms with E-state index in [9.17, 15) is 9.59 Å². The van der Waals surface area contributed by atoms with Crippen LogP contribution in [0.5, 0.6) is 0 Å². The Kier molecular flexibility index (Phi) is 7.98. The fourth-order valence-corrected chi connectivity index (χ4v) is 1.54. The molecule has 0 amide bonds. The summed E-state index contributed by atoms with van der Waals surface area (Å²) in [6.07, 6.45) is 0.358. The average Bonchev–Trinajstić information content (AvgIpc) is 2.55. The van der Waals surface area contributed by atoms with Crippen molar-refractivity contribution in [2.45, 2.75) is 13.0 Å². The van der Waals surface area contributed by atoms with Crippen molar-refractivity contribution in [1.29, 1.82) is 0 Å². The average molecular weight is 286 g/mol. The van der Waals surface area contributed by atoms with Gasteiger partial charge in [-0.05, 0) is 11.1 Å². The van der Waals surface area contributed by atoms with E-state index < -0.39 is 0 Å². The van der Waals surface area contributed by atoms with E-state index in [1.165, 1.54) is 7.11 Å². The van der Waals surface area contributed by atoms with E-state index in [4.69, 9.17) is 0 Å². The van der Waals surface area contributed by atoms with Gasteiger partial charge < -0.3 is 9.47 Å². The molecule has 0 aromatic heterocycles. The number of carbonyl (C=O) groups is 2. The molecule has 2 aromatic carbocycles. The highest BCUT2D eigenvalue weighted by Crippen LogP contribution is 2.00. The molecule has 0 aliphatic carbocycles. The number of ether oxygens (including phenoxy) is 2. The molecule has 4 nitrogen and oxygen atoms in total. The summed E-state index contributed by atoms with van der Waals surface area (Å²) in [6.45, 7) is 0.817. The highest BCUT2D eigenvalue weighted by atomic mass is 16.5. The van der Waals surface area contributed by atoms with E-state index >= 15 is 0 Å². The molecule has 0 saturated heterocycles. The Morgan fingerprint density at radius 2 is 1.48 bits per heavy atom. The lowest BCUT2D eigenvalue weighted by Gasteiger charge is -1.97. The van der Waals surface area contributed by atoms with E-state index in [0.29, 0.717) is 19.5 Å². The second-order valence-corrected chi connectivity index (χ2v) is 4.13. The van der Waals surface area contributed by atoms with Crippen molar-refractivity contribution in [2.75, 3.05) is 7.11 Å². The Labute approximate surface area is 124 Å². The van der Waals surface area contributed by atoms with Crippen LogP contribution in [0.3, 0.4) is 0 Å². The maximum atomic E-state index is 10.8. The SMILES string of the molecule is COC(=O)Cc1ccccc1.O=COCc1ccccc1. The van der Waals surface area contributed by atoms with Crippen LogP contribution in [-0.2, 0) is 32.1 Å². The van der Waals surface area contributed by atoms with E-state index in [1.54, 1.807) is 0 Å². The van der Waals surface area contributed by atoms with Crippen molar-refractivity contribution in [3.63, 3.8) is 0 Å². The second-order valence-electron chi connectivity index (χ2n) is 4.13. The number of methoxy groups -OCH3 is 1. The van der Waals surface area contributed by atoms with Gasteiger partial charge in [0.15, 0.2) is 0 Å². The molecular weight excluding hydrogens is 268 g/mol. The van der Waals surface area contributed by atoms with Crippen molar-refractivity contribution in [2.24, 2.45) is 0 Å². The topological polar surface area (TPSA) is 52.6 Å². The number of hydrogen-bond donors (Lipinski definition) is 0. The summed E-state index contributed by atoms with van der Waals surface area (Å²) in [5.74, 6) is -0.198. The summed E-state index contributed by atoms with van der Waals surface area (Å²) < 4.78 is 9.05. The van der Waals surface area contributed by atoms with Gasteiger partial charge in [-0.25, -0.2) is 0 Å². The molecule has 0 fully saturated rings. The predicted octanol–water partition coefficient (Wildman–Crippen LogP) is 2.76. The van der Waals surface area contributed by atoms with Gasteiger partial charge in [0.25, 0.3) is 6.47 Å². The van der Waals surface area contributed by atoms with E-state index in [2.05, 4.69) is 9.47 Å². The fourth-order valence-electron chi connectivity index (χ4n) is 1.54. The van der Waals surface area contributed by atoms with Crippen LogP contribution < -0.4 is 0 Å². The monoisotopic (exact) mass is 286 g/mol. The molecule has 0 radical (unpaired) electrons. The Morgan fingerprint density at radius 3 is 1.95 bits per heavy atom. The minimum Gasteiger partial charge on any atom is -0.469 e. The zero-order chi connectivity index (χ0) is 15.3. The standard InChI is InChI=1S/C9H10O2.C8H8O2/c1-11-9(10)7-8-5-3-2-4-6-8;9-7-10-6-8-4-2-1-3-5-8/h2-6H,7H2,1H3;1-5,7H,6H2. The Hall–Kier alpha value is -2.62. The molecule has 21 heavy (non-hydrogen) atoms. The van der Waals surface area contributed by atoms with Gasteiger partial charge in [-0.3, -0.25) is 9.59 Å². The molecule has 0 N–H and O–H groups in total. The summed E-state index contributed by atoms with van der Waals surface area (Å²) in [5.41, 5.74) is 1.99. The lowest BCUT2D eigenvalue weighted by molar-refractivity contribution is -0.139.